The highest BCUT2D eigenvalue weighted by Gasteiger charge is 2.31. The van der Waals surface area contributed by atoms with Crippen molar-refractivity contribution >= 4 is 0 Å². The first-order chi connectivity index (χ1) is 8.16. The van der Waals surface area contributed by atoms with Gasteiger partial charge in [-0.25, -0.2) is 0 Å². The molecular formula is C17H30O. The minimum absolute atomic E-state index is 0.0927. The van der Waals surface area contributed by atoms with Crippen molar-refractivity contribution in [1.82, 2.24) is 0 Å². The average Bonchev–Trinajstić information content (AvgIpc) is 2.23. The Labute approximate surface area is 113 Å². The van der Waals surface area contributed by atoms with Gasteiger partial charge < -0.3 is 4.74 Å². The van der Waals surface area contributed by atoms with Gasteiger partial charge in [-0.05, 0) is 35.8 Å². The molecule has 18 heavy (non-hydrogen) atoms. The fraction of sp³-hybridized carbons (Fsp3) is 0.765. The Balaban J connectivity index is 2.96. The molecule has 0 bridgehead atoms. The summed E-state index contributed by atoms with van der Waals surface area (Å²) in [7, 11) is 0. The number of hydrogen-bond donors (Lipinski definition) is 0. The summed E-state index contributed by atoms with van der Waals surface area (Å²) in [4.78, 5) is 0. The van der Waals surface area contributed by atoms with Crippen molar-refractivity contribution < 1.29 is 4.74 Å². The lowest BCUT2D eigenvalue weighted by atomic mass is 9.76. The van der Waals surface area contributed by atoms with E-state index in [1.54, 1.807) is 0 Å². The van der Waals surface area contributed by atoms with Gasteiger partial charge in [-0.15, -0.1) is 0 Å². The lowest BCUT2D eigenvalue weighted by Crippen LogP contribution is -2.23. The van der Waals surface area contributed by atoms with Crippen LogP contribution in [0.4, 0.5) is 0 Å². The molecule has 1 heterocycles. The molecule has 1 aliphatic rings. The Morgan fingerprint density at radius 3 is 2.11 bits per heavy atom. The van der Waals surface area contributed by atoms with Crippen molar-refractivity contribution in [2.24, 2.45) is 10.8 Å². The highest BCUT2D eigenvalue weighted by atomic mass is 16.5. The molecule has 1 heteroatoms. The third kappa shape index (κ3) is 3.90. The van der Waals surface area contributed by atoms with Crippen LogP contribution in [0.5, 0.6) is 0 Å². The van der Waals surface area contributed by atoms with E-state index in [2.05, 4.69) is 48.5 Å². The van der Waals surface area contributed by atoms with Gasteiger partial charge in [0.25, 0.3) is 0 Å². The maximum atomic E-state index is 6.01. The second-order valence-corrected chi connectivity index (χ2v) is 7.48. The summed E-state index contributed by atoms with van der Waals surface area (Å²) in [6, 6.07) is 0. The molecular weight excluding hydrogens is 220 g/mol. The quantitative estimate of drug-likeness (QED) is 0.612. The van der Waals surface area contributed by atoms with Gasteiger partial charge in [0.15, 0.2) is 0 Å². The number of rotatable bonds is 3. The molecule has 0 atom stereocenters. The SMILES string of the molecule is CCCCC1=COC(C(C)(C)C)=C(C(C)(C)C)C1. The number of ether oxygens (including phenoxy) is 1. The predicted molar refractivity (Wildman–Crippen MR) is 79.2 cm³/mol. The molecule has 0 unspecified atom stereocenters. The lowest BCUT2D eigenvalue weighted by Gasteiger charge is -2.35. The molecule has 0 radical (unpaired) electrons. The lowest BCUT2D eigenvalue weighted by molar-refractivity contribution is 0.214. The summed E-state index contributed by atoms with van der Waals surface area (Å²) < 4.78 is 6.01. The summed E-state index contributed by atoms with van der Waals surface area (Å²) in [6.07, 6.45) is 6.78. The van der Waals surface area contributed by atoms with Gasteiger partial charge in [0.2, 0.25) is 0 Å². The molecule has 104 valence electrons. The molecule has 0 aliphatic carbocycles. The third-order valence-electron chi connectivity index (χ3n) is 3.46. The molecule has 0 aromatic heterocycles. The Kier molecular flexibility index (Phi) is 4.69. The van der Waals surface area contributed by atoms with E-state index in [0.717, 1.165) is 6.42 Å². The van der Waals surface area contributed by atoms with Crippen LogP contribution < -0.4 is 0 Å². The summed E-state index contributed by atoms with van der Waals surface area (Å²) >= 11 is 0. The highest BCUT2D eigenvalue weighted by Crippen LogP contribution is 2.43. The van der Waals surface area contributed by atoms with E-state index >= 15 is 0 Å². The fourth-order valence-corrected chi connectivity index (χ4v) is 2.35. The Morgan fingerprint density at radius 2 is 1.67 bits per heavy atom. The van der Waals surface area contributed by atoms with Crippen molar-refractivity contribution in [1.29, 1.82) is 0 Å². The first-order valence-corrected chi connectivity index (χ1v) is 7.25. The fourth-order valence-electron chi connectivity index (χ4n) is 2.35. The van der Waals surface area contributed by atoms with Crippen LogP contribution in [-0.2, 0) is 4.74 Å². The molecule has 0 amide bonds. The Bertz CT molecular complexity index is 345. The minimum Gasteiger partial charge on any atom is -0.469 e. The molecule has 0 fully saturated rings. The van der Waals surface area contributed by atoms with E-state index in [4.69, 9.17) is 4.74 Å². The van der Waals surface area contributed by atoms with Gasteiger partial charge in [-0.1, -0.05) is 54.9 Å². The van der Waals surface area contributed by atoms with Gasteiger partial charge in [-0.3, -0.25) is 0 Å². The normalized spacial score (nSPS) is 17.6. The first kappa shape index (κ1) is 15.3. The zero-order valence-electron chi connectivity index (χ0n) is 13.3. The topological polar surface area (TPSA) is 9.23 Å². The molecule has 0 saturated heterocycles. The van der Waals surface area contributed by atoms with E-state index in [1.165, 1.54) is 36.2 Å². The minimum atomic E-state index is 0.0927. The average molecular weight is 250 g/mol. The molecule has 0 aromatic carbocycles. The van der Waals surface area contributed by atoms with Gasteiger partial charge in [0, 0.05) is 5.41 Å². The second-order valence-electron chi connectivity index (χ2n) is 7.48. The van der Waals surface area contributed by atoms with Gasteiger partial charge in [-0.2, -0.15) is 0 Å². The van der Waals surface area contributed by atoms with E-state index in [9.17, 15) is 0 Å². The van der Waals surface area contributed by atoms with E-state index < -0.39 is 0 Å². The standard InChI is InChI=1S/C17H30O/c1-8-9-10-13-11-14(16(2,3)4)15(18-12-13)17(5,6)7/h12H,8-11H2,1-7H3. The van der Waals surface area contributed by atoms with Crippen molar-refractivity contribution in [3.8, 4) is 0 Å². The summed E-state index contributed by atoms with van der Waals surface area (Å²) in [5, 5.41) is 0. The Morgan fingerprint density at radius 1 is 1.06 bits per heavy atom. The van der Waals surface area contributed by atoms with Crippen LogP contribution in [-0.4, -0.2) is 0 Å². The predicted octanol–water partition coefficient (Wildman–Crippen LogP) is 5.83. The molecule has 1 nitrogen and oxygen atoms in total. The van der Waals surface area contributed by atoms with Crippen molar-refractivity contribution in [3.63, 3.8) is 0 Å². The maximum absolute atomic E-state index is 6.01. The van der Waals surface area contributed by atoms with Gasteiger partial charge in [0.05, 0.1) is 6.26 Å². The van der Waals surface area contributed by atoms with Crippen molar-refractivity contribution in [2.45, 2.75) is 74.1 Å². The van der Waals surface area contributed by atoms with Gasteiger partial charge >= 0.3 is 0 Å². The van der Waals surface area contributed by atoms with Crippen molar-refractivity contribution in [3.05, 3.63) is 23.2 Å². The van der Waals surface area contributed by atoms with Crippen LogP contribution in [0.25, 0.3) is 0 Å². The van der Waals surface area contributed by atoms with Crippen LogP contribution >= 0.6 is 0 Å². The molecule has 0 spiro atoms. The zero-order valence-corrected chi connectivity index (χ0v) is 13.3. The second kappa shape index (κ2) is 5.50. The monoisotopic (exact) mass is 250 g/mol. The molecule has 1 aliphatic heterocycles. The summed E-state index contributed by atoms with van der Waals surface area (Å²) in [6.45, 7) is 15.8. The van der Waals surface area contributed by atoms with E-state index in [-0.39, 0.29) is 10.8 Å². The number of unbranched alkanes of at least 4 members (excludes halogenated alkanes) is 1. The van der Waals surface area contributed by atoms with E-state index in [1.807, 2.05) is 6.26 Å². The van der Waals surface area contributed by atoms with Crippen LogP contribution in [0.3, 0.4) is 0 Å². The summed E-state index contributed by atoms with van der Waals surface area (Å²) in [5.41, 5.74) is 3.21. The molecule has 0 saturated carbocycles. The molecule has 1 rings (SSSR count). The first-order valence-electron chi connectivity index (χ1n) is 7.25. The largest absolute Gasteiger partial charge is 0.469 e. The smallest absolute Gasteiger partial charge is 0.109 e. The Hall–Kier alpha value is -0.720. The van der Waals surface area contributed by atoms with Crippen molar-refractivity contribution in [2.75, 3.05) is 0 Å². The highest BCUT2D eigenvalue weighted by molar-refractivity contribution is 5.29. The maximum Gasteiger partial charge on any atom is 0.109 e. The summed E-state index contributed by atoms with van der Waals surface area (Å²) in [5.74, 6) is 1.18. The number of hydrogen-bond acceptors (Lipinski definition) is 1. The van der Waals surface area contributed by atoms with E-state index in [0.29, 0.717) is 0 Å². The van der Waals surface area contributed by atoms with Gasteiger partial charge in [0.1, 0.15) is 5.76 Å². The number of allylic oxidation sites excluding steroid dienone is 3. The van der Waals surface area contributed by atoms with Crippen LogP contribution in [0, 0.1) is 10.8 Å². The van der Waals surface area contributed by atoms with Crippen LogP contribution in [0.2, 0.25) is 0 Å². The van der Waals surface area contributed by atoms with Crippen LogP contribution in [0.1, 0.15) is 74.1 Å². The molecule has 0 N–H and O–H groups in total. The zero-order chi connectivity index (χ0) is 14.0. The van der Waals surface area contributed by atoms with Crippen LogP contribution in [0.15, 0.2) is 23.2 Å². The molecule has 0 aromatic rings. The third-order valence-corrected chi connectivity index (χ3v) is 3.46.